The number of aryl methyl sites for hydroxylation is 2. The molecule has 0 radical (unpaired) electrons. The second-order valence-corrected chi connectivity index (χ2v) is 3.86. The summed E-state index contributed by atoms with van der Waals surface area (Å²) in [4.78, 5) is 8.67. The van der Waals surface area contributed by atoms with Gasteiger partial charge in [0.05, 0.1) is 31.9 Å². The van der Waals surface area contributed by atoms with Gasteiger partial charge in [0, 0.05) is 12.2 Å². The average molecular weight is 223 g/mol. The Morgan fingerprint density at radius 1 is 1.38 bits per heavy atom. The highest BCUT2D eigenvalue weighted by Crippen LogP contribution is 2.26. The van der Waals surface area contributed by atoms with E-state index in [1.807, 2.05) is 13.8 Å². The van der Waals surface area contributed by atoms with Crippen molar-refractivity contribution in [2.24, 2.45) is 0 Å². The number of rotatable bonds is 2. The molecule has 1 saturated heterocycles. The van der Waals surface area contributed by atoms with E-state index in [4.69, 9.17) is 9.47 Å². The Morgan fingerprint density at radius 2 is 2.19 bits per heavy atom. The lowest BCUT2D eigenvalue weighted by Gasteiger charge is -2.26. The normalized spacial score (nSPS) is 20.8. The summed E-state index contributed by atoms with van der Waals surface area (Å²) in [7, 11) is 1.63. The summed E-state index contributed by atoms with van der Waals surface area (Å²) in [5.41, 5.74) is 1.96. The van der Waals surface area contributed by atoms with E-state index in [0.717, 1.165) is 30.2 Å². The van der Waals surface area contributed by atoms with Gasteiger partial charge in [-0.1, -0.05) is 0 Å². The number of hydrogen-bond donors (Lipinski definition) is 1. The highest BCUT2D eigenvalue weighted by Gasteiger charge is 2.23. The van der Waals surface area contributed by atoms with E-state index in [1.54, 1.807) is 7.11 Å². The minimum Gasteiger partial charge on any atom is -0.481 e. The van der Waals surface area contributed by atoms with Gasteiger partial charge in [-0.2, -0.15) is 4.98 Å². The number of aromatic nitrogens is 2. The molecule has 16 heavy (non-hydrogen) atoms. The second-order valence-electron chi connectivity index (χ2n) is 3.86. The molecule has 1 aliphatic heterocycles. The van der Waals surface area contributed by atoms with Crippen molar-refractivity contribution < 1.29 is 9.47 Å². The van der Waals surface area contributed by atoms with Gasteiger partial charge in [0.15, 0.2) is 0 Å². The largest absolute Gasteiger partial charge is 0.481 e. The fourth-order valence-electron chi connectivity index (χ4n) is 2.00. The zero-order chi connectivity index (χ0) is 11.5. The third-order valence-corrected chi connectivity index (χ3v) is 2.68. The molecule has 1 N–H and O–H groups in total. The molecule has 5 nitrogen and oxygen atoms in total. The van der Waals surface area contributed by atoms with Crippen molar-refractivity contribution in [2.45, 2.75) is 19.9 Å². The number of morpholine rings is 1. The quantitative estimate of drug-likeness (QED) is 0.802. The second kappa shape index (κ2) is 4.76. The van der Waals surface area contributed by atoms with Gasteiger partial charge in [-0.15, -0.1) is 0 Å². The Balaban J connectivity index is 2.37. The first-order valence-corrected chi connectivity index (χ1v) is 5.42. The van der Waals surface area contributed by atoms with Gasteiger partial charge in [-0.25, -0.2) is 4.98 Å². The molecule has 2 heterocycles. The van der Waals surface area contributed by atoms with E-state index in [9.17, 15) is 0 Å². The highest BCUT2D eigenvalue weighted by atomic mass is 16.5. The van der Waals surface area contributed by atoms with E-state index in [2.05, 4.69) is 15.3 Å². The molecular weight excluding hydrogens is 206 g/mol. The maximum atomic E-state index is 5.45. The maximum absolute atomic E-state index is 5.45. The van der Waals surface area contributed by atoms with Crippen molar-refractivity contribution in [3.8, 4) is 5.88 Å². The van der Waals surface area contributed by atoms with Crippen LogP contribution in [0.5, 0.6) is 5.88 Å². The van der Waals surface area contributed by atoms with Crippen molar-refractivity contribution in [1.29, 1.82) is 0 Å². The molecule has 5 heteroatoms. The van der Waals surface area contributed by atoms with Crippen LogP contribution in [0.3, 0.4) is 0 Å². The fraction of sp³-hybridized carbons (Fsp3) is 0.636. The molecule has 0 bridgehead atoms. The Hall–Kier alpha value is -1.20. The number of nitrogens with one attached hydrogen (secondary N) is 1. The van der Waals surface area contributed by atoms with E-state index < -0.39 is 0 Å². The Bertz CT molecular complexity index is 376. The number of hydrogen-bond acceptors (Lipinski definition) is 5. The smallest absolute Gasteiger partial charge is 0.221 e. The van der Waals surface area contributed by atoms with Crippen LogP contribution >= 0.6 is 0 Å². The molecule has 2 rings (SSSR count). The third-order valence-electron chi connectivity index (χ3n) is 2.68. The Morgan fingerprint density at radius 3 is 2.81 bits per heavy atom. The molecule has 0 saturated carbocycles. The molecule has 1 unspecified atom stereocenters. The Labute approximate surface area is 95.2 Å². The molecule has 1 aromatic heterocycles. The van der Waals surface area contributed by atoms with Crippen LogP contribution < -0.4 is 10.1 Å². The van der Waals surface area contributed by atoms with Crippen molar-refractivity contribution in [1.82, 2.24) is 15.3 Å². The lowest BCUT2D eigenvalue weighted by atomic mass is 10.1. The lowest BCUT2D eigenvalue weighted by Crippen LogP contribution is -2.35. The molecule has 0 aliphatic carbocycles. The van der Waals surface area contributed by atoms with Gasteiger partial charge < -0.3 is 14.8 Å². The minimum absolute atomic E-state index is 0.129. The van der Waals surface area contributed by atoms with Crippen LogP contribution in [0, 0.1) is 13.8 Å². The first-order chi connectivity index (χ1) is 7.72. The zero-order valence-corrected chi connectivity index (χ0v) is 9.91. The highest BCUT2D eigenvalue weighted by molar-refractivity contribution is 5.33. The molecule has 1 aromatic rings. The molecule has 0 amide bonds. The van der Waals surface area contributed by atoms with Crippen molar-refractivity contribution in [2.75, 3.05) is 26.9 Å². The lowest BCUT2D eigenvalue weighted by molar-refractivity contribution is 0.0754. The van der Waals surface area contributed by atoms with Crippen molar-refractivity contribution >= 4 is 0 Å². The SMILES string of the molecule is COc1nc(C)nc(C)c1C1COCCN1. The summed E-state index contributed by atoms with van der Waals surface area (Å²) < 4.78 is 10.8. The number of nitrogens with zero attached hydrogens (tertiary/aromatic N) is 2. The monoisotopic (exact) mass is 223 g/mol. The van der Waals surface area contributed by atoms with E-state index >= 15 is 0 Å². The van der Waals surface area contributed by atoms with Crippen LogP contribution in [0.25, 0.3) is 0 Å². The van der Waals surface area contributed by atoms with Crippen LogP contribution in [0.4, 0.5) is 0 Å². The number of ether oxygens (including phenoxy) is 2. The van der Waals surface area contributed by atoms with E-state index in [-0.39, 0.29) is 6.04 Å². The van der Waals surface area contributed by atoms with Crippen LogP contribution in [0.1, 0.15) is 23.1 Å². The van der Waals surface area contributed by atoms with Gasteiger partial charge >= 0.3 is 0 Å². The summed E-state index contributed by atoms with van der Waals surface area (Å²) in [6.07, 6.45) is 0. The molecule has 1 aliphatic rings. The molecule has 1 atom stereocenters. The zero-order valence-electron chi connectivity index (χ0n) is 9.91. The third kappa shape index (κ3) is 2.15. The summed E-state index contributed by atoms with van der Waals surface area (Å²) in [6.45, 7) is 6.09. The first kappa shape index (κ1) is 11.3. The summed E-state index contributed by atoms with van der Waals surface area (Å²) in [6, 6.07) is 0.129. The minimum atomic E-state index is 0.129. The van der Waals surface area contributed by atoms with Gasteiger partial charge in [-0.05, 0) is 13.8 Å². The van der Waals surface area contributed by atoms with Gasteiger partial charge in [0.1, 0.15) is 5.82 Å². The molecule has 1 fully saturated rings. The van der Waals surface area contributed by atoms with Crippen molar-refractivity contribution in [3.63, 3.8) is 0 Å². The summed E-state index contributed by atoms with van der Waals surface area (Å²) >= 11 is 0. The van der Waals surface area contributed by atoms with Crippen LogP contribution in [0.15, 0.2) is 0 Å². The number of methoxy groups -OCH3 is 1. The molecule has 0 aromatic carbocycles. The fourth-order valence-corrected chi connectivity index (χ4v) is 2.00. The topological polar surface area (TPSA) is 56.3 Å². The standard InChI is InChI=1S/C11H17N3O2/c1-7-10(9-6-16-5-4-12-9)11(15-3)14-8(2)13-7/h9,12H,4-6H2,1-3H3. The van der Waals surface area contributed by atoms with E-state index in [0.29, 0.717) is 12.5 Å². The predicted molar refractivity (Wildman–Crippen MR) is 59.6 cm³/mol. The van der Waals surface area contributed by atoms with Gasteiger partial charge in [-0.3, -0.25) is 0 Å². The van der Waals surface area contributed by atoms with Crippen LogP contribution in [-0.4, -0.2) is 36.8 Å². The first-order valence-electron chi connectivity index (χ1n) is 5.42. The van der Waals surface area contributed by atoms with Crippen LogP contribution in [0.2, 0.25) is 0 Å². The predicted octanol–water partition coefficient (Wildman–Crippen LogP) is 0.763. The summed E-state index contributed by atoms with van der Waals surface area (Å²) in [5.74, 6) is 1.38. The van der Waals surface area contributed by atoms with Gasteiger partial charge in [0.2, 0.25) is 5.88 Å². The average Bonchev–Trinajstić information content (AvgIpc) is 2.29. The molecule has 0 spiro atoms. The molecular formula is C11H17N3O2. The van der Waals surface area contributed by atoms with Crippen LogP contribution in [-0.2, 0) is 4.74 Å². The van der Waals surface area contributed by atoms with Gasteiger partial charge in [0.25, 0.3) is 0 Å². The maximum Gasteiger partial charge on any atom is 0.221 e. The van der Waals surface area contributed by atoms with E-state index in [1.165, 1.54) is 0 Å². The van der Waals surface area contributed by atoms with Crippen molar-refractivity contribution in [3.05, 3.63) is 17.1 Å². The molecule has 88 valence electrons. The Kier molecular flexibility index (Phi) is 3.36. The summed E-state index contributed by atoms with van der Waals surface area (Å²) in [5, 5.41) is 3.39.